The molecule has 5 aromatic rings. The molecule has 0 aliphatic heterocycles. The molecule has 0 unspecified atom stereocenters. The van der Waals surface area contributed by atoms with Crippen LogP contribution in [0.3, 0.4) is 0 Å². The number of nitrogens with one attached hydrogen (secondary N) is 1. The highest BCUT2D eigenvalue weighted by atomic mass is 19.4. The Morgan fingerprint density at radius 2 is 1.62 bits per heavy atom. The molecule has 13 heteroatoms. The third kappa shape index (κ3) is 5.07. The van der Waals surface area contributed by atoms with E-state index in [1.54, 1.807) is 17.7 Å². The average Bonchev–Trinajstić information content (AvgIpc) is 3.46. The molecule has 200 valence electrons. The first kappa shape index (κ1) is 25.9. The van der Waals surface area contributed by atoms with Crippen molar-refractivity contribution in [3.8, 4) is 11.3 Å². The molecule has 7 nitrogen and oxygen atoms in total. The number of nitrogens with zero attached hydrogens (tertiary/aromatic N) is 5. The first-order valence-corrected chi connectivity index (χ1v) is 11.4. The van der Waals surface area contributed by atoms with E-state index in [1.807, 2.05) is 30.3 Å². The van der Waals surface area contributed by atoms with Gasteiger partial charge in [0.1, 0.15) is 11.5 Å². The van der Waals surface area contributed by atoms with Gasteiger partial charge in [0, 0.05) is 23.4 Å². The summed E-state index contributed by atoms with van der Waals surface area (Å²) in [5.41, 5.74) is -0.987. The first-order chi connectivity index (χ1) is 18.4. The molecule has 0 spiro atoms. The van der Waals surface area contributed by atoms with Crippen LogP contribution >= 0.6 is 0 Å². The van der Waals surface area contributed by atoms with E-state index in [4.69, 9.17) is 0 Å². The normalized spacial score (nSPS) is 12.2. The molecule has 0 saturated heterocycles. The van der Waals surface area contributed by atoms with E-state index in [9.17, 15) is 31.1 Å². The molecule has 0 aliphatic rings. The Labute approximate surface area is 216 Å². The number of fused-ring (bicyclic) bond motifs is 1. The number of benzene rings is 2. The van der Waals surface area contributed by atoms with Crippen LogP contribution in [0, 0.1) is 12.7 Å². The number of anilines is 1. The van der Waals surface area contributed by atoms with E-state index in [1.165, 1.54) is 12.1 Å². The van der Waals surface area contributed by atoms with E-state index in [-0.39, 0.29) is 21.6 Å². The molecule has 0 bridgehead atoms. The molecule has 0 radical (unpaired) electrons. The molecule has 39 heavy (non-hydrogen) atoms. The monoisotopic (exact) mass is 544 g/mol. The van der Waals surface area contributed by atoms with Crippen LogP contribution in [-0.4, -0.2) is 36.5 Å². The van der Waals surface area contributed by atoms with Crippen molar-refractivity contribution in [2.75, 3.05) is 5.32 Å². The van der Waals surface area contributed by atoms with Crippen molar-refractivity contribution in [1.82, 2.24) is 24.4 Å². The predicted octanol–water partition coefficient (Wildman–Crippen LogP) is 6.00. The van der Waals surface area contributed by atoms with Gasteiger partial charge in [-0.2, -0.15) is 32.1 Å². The summed E-state index contributed by atoms with van der Waals surface area (Å²) < 4.78 is 84.3. The number of halogens is 6. The fourth-order valence-corrected chi connectivity index (χ4v) is 3.89. The summed E-state index contributed by atoms with van der Waals surface area (Å²) in [6, 6.07) is 16.9. The highest BCUT2D eigenvalue weighted by Gasteiger charge is 2.60. The maximum Gasteiger partial charge on any atom is 0.459 e. The third-order valence-electron chi connectivity index (χ3n) is 5.88. The van der Waals surface area contributed by atoms with Crippen molar-refractivity contribution < 1.29 is 31.1 Å². The summed E-state index contributed by atoms with van der Waals surface area (Å²) in [4.78, 5) is 17.0. The summed E-state index contributed by atoms with van der Waals surface area (Å²) in [5, 5.41) is 10.5. The van der Waals surface area contributed by atoms with Crippen LogP contribution in [-0.2, 0) is 12.5 Å². The minimum absolute atomic E-state index is 0.0877. The Balaban J connectivity index is 1.51. The number of hydrogen-bond acceptors (Lipinski definition) is 4. The van der Waals surface area contributed by atoms with Gasteiger partial charge >= 0.3 is 12.1 Å². The maximum atomic E-state index is 14.5. The van der Waals surface area contributed by atoms with Crippen molar-refractivity contribution in [3.63, 3.8) is 0 Å². The zero-order valence-corrected chi connectivity index (χ0v) is 20.0. The Hall–Kier alpha value is -4.68. The van der Waals surface area contributed by atoms with E-state index >= 15 is 0 Å². The molecule has 5 rings (SSSR count). The fraction of sp³-hybridized carbons (Fsp3) is 0.154. The molecule has 3 aromatic heterocycles. The topological polar surface area (TPSA) is 77.1 Å². The Morgan fingerprint density at radius 1 is 0.923 bits per heavy atom. The Kier molecular flexibility index (Phi) is 6.36. The van der Waals surface area contributed by atoms with Gasteiger partial charge in [-0.05, 0) is 42.8 Å². The molecule has 1 amide bonds. The standard InChI is InChI=1S/C26H18F6N6O/c1-15-11-22(36-37(15)14-16-5-3-2-4-6-16)34-24(39)20-13-23-33-19(17-7-9-18(27)10-8-17)12-21(38(23)35-20)25(28,29)26(30,31)32/h2-13H,14H2,1H3,(H,34,36,39). The van der Waals surface area contributed by atoms with Crippen LogP contribution in [0.1, 0.15) is 27.4 Å². The Morgan fingerprint density at radius 3 is 2.28 bits per heavy atom. The molecule has 0 fully saturated rings. The lowest BCUT2D eigenvalue weighted by molar-refractivity contribution is -0.291. The zero-order valence-electron chi connectivity index (χ0n) is 20.0. The van der Waals surface area contributed by atoms with E-state index in [0.717, 1.165) is 23.8 Å². The second kappa shape index (κ2) is 9.57. The smallest absolute Gasteiger partial charge is 0.304 e. The van der Waals surface area contributed by atoms with E-state index in [0.29, 0.717) is 18.3 Å². The van der Waals surface area contributed by atoms with Crippen molar-refractivity contribution in [1.29, 1.82) is 0 Å². The zero-order chi connectivity index (χ0) is 27.9. The van der Waals surface area contributed by atoms with Gasteiger partial charge in [0.15, 0.2) is 17.2 Å². The van der Waals surface area contributed by atoms with Crippen LogP contribution < -0.4 is 5.32 Å². The van der Waals surface area contributed by atoms with Crippen LogP contribution in [0.5, 0.6) is 0 Å². The number of carbonyl (C=O) groups is 1. The molecule has 3 heterocycles. The van der Waals surface area contributed by atoms with Crippen molar-refractivity contribution in [2.45, 2.75) is 25.6 Å². The second-order valence-electron chi connectivity index (χ2n) is 8.67. The summed E-state index contributed by atoms with van der Waals surface area (Å²) in [6.07, 6.45) is -5.96. The molecule has 0 saturated carbocycles. The second-order valence-corrected chi connectivity index (χ2v) is 8.67. The highest BCUT2D eigenvalue weighted by Crippen LogP contribution is 2.44. The van der Waals surface area contributed by atoms with Crippen molar-refractivity contribution >= 4 is 17.4 Å². The lowest BCUT2D eigenvalue weighted by Crippen LogP contribution is -2.36. The lowest BCUT2D eigenvalue weighted by atomic mass is 10.1. The van der Waals surface area contributed by atoms with E-state index in [2.05, 4.69) is 20.5 Å². The maximum absolute atomic E-state index is 14.5. The number of aromatic nitrogens is 5. The summed E-state index contributed by atoms with van der Waals surface area (Å²) in [7, 11) is 0. The SMILES string of the molecule is Cc1cc(NC(=O)c2cc3nc(-c4ccc(F)cc4)cc(C(F)(F)C(F)(F)F)n3n2)nn1Cc1ccccc1. The van der Waals surface area contributed by atoms with Gasteiger partial charge < -0.3 is 5.32 Å². The molecular formula is C26H18F6N6O. The van der Waals surface area contributed by atoms with Crippen molar-refractivity contribution in [3.05, 3.63) is 101 Å². The van der Waals surface area contributed by atoms with E-state index < -0.39 is 40.9 Å². The number of carbonyl (C=O) groups excluding carboxylic acids is 1. The quantitative estimate of drug-likeness (QED) is 0.266. The number of aryl methyl sites for hydroxylation is 1. The first-order valence-electron chi connectivity index (χ1n) is 11.4. The highest BCUT2D eigenvalue weighted by molar-refractivity contribution is 6.03. The average molecular weight is 544 g/mol. The van der Waals surface area contributed by atoms with Gasteiger partial charge in [-0.3, -0.25) is 9.48 Å². The molecule has 2 aromatic carbocycles. The van der Waals surface area contributed by atoms with Crippen LogP contribution in [0.4, 0.5) is 32.2 Å². The number of amides is 1. The van der Waals surface area contributed by atoms with Gasteiger partial charge in [0.25, 0.3) is 5.91 Å². The minimum atomic E-state index is -5.96. The number of rotatable bonds is 6. The lowest BCUT2D eigenvalue weighted by Gasteiger charge is -2.21. The molecule has 0 atom stereocenters. The van der Waals surface area contributed by atoms with Crippen LogP contribution in [0.15, 0.2) is 72.8 Å². The predicted molar refractivity (Wildman–Crippen MR) is 129 cm³/mol. The van der Waals surface area contributed by atoms with Crippen molar-refractivity contribution in [2.24, 2.45) is 0 Å². The summed E-state index contributed by atoms with van der Waals surface area (Å²) in [6.45, 7) is 2.19. The minimum Gasteiger partial charge on any atom is -0.304 e. The Bertz CT molecular complexity index is 1660. The number of hydrogen-bond donors (Lipinski definition) is 1. The van der Waals surface area contributed by atoms with Gasteiger partial charge in [0.2, 0.25) is 0 Å². The molecular weight excluding hydrogens is 526 g/mol. The summed E-state index contributed by atoms with van der Waals surface area (Å²) >= 11 is 0. The largest absolute Gasteiger partial charge is 0.459 e. The van der Waals surface area contributed by atoms with Gasteiger partial charge in [-0.15, -0.1) is 0 Å². The van der Waals surface area contributed by atoms with Gasteiger partial charge in [-0.25, -0.2) is 13.9 Å². The van der Waals surface area contributed by atoms with Gasteiger partial charge in [-0.1, -0.05) is 30.3 Å². The summed E-state index contributed by atoms with van der Waals surface area (Å²) in [5.74, 6) is -6.73. The number of alkyl halides is 5. The molecule has 0 aliphatic carbocycles. The van der Waals surface area contributed by atoms with Crippen LogP contribution in [0.25, 0.3) is 16.9 Å². The van der Waals surface area contributed by atoms with Crippen LogP contribution in [0.2, 0.25) is 0 Å². The van der Waals surface area contributed by atoms with Gasteiger partial charge in [0.05, 0.1) is 12.2 Å². The fourth-order valence-electron chi connectivity index (χ4n) is 3.89. The molecule has 1 N–H and O–H groups in total. The third-order valence-corrected chi connectivity index (χ3v) is 5.88.